The minimum Gasteiger partial charge on any atom is -0.494 e. The molecule has 0 saturated carbocycles. The fraction of sp³-hybridized carbons (Fsp3) is 0.115. The lowest BCUT2D eigenvalue weighted by atomic mass is 10.1. The molecule has 0 unspecified atom stereocenters. The quantitative estimate of drug-likeness (QED) is 0.210. The van der Waals surface area contributed by atoms with Crippen LogP contribution in [0.4, 0.5) is 21.5 Å². The highest BCUT2D eigenvalue weighted by Gasteiger charge is 2.25. The molecule has 0 aromatic heterocycles. The minimum atomic E-state index is -0.701. The van der Waals surface area contributed by atoms with Crippen LogP contribution < -0.4 is 15.0 Å². The van der Waals surface area contributed by atoms with Crippen LogP contribution in [-0.4, -0.2) is 44.7 Å². The molecule has 0 spiro atoms. The molecule has 3 aromatic carbocycles. The fourth-order valence-corrected chi connectivity index (χ4v) is 3.42. The number of carbonyl (C=O) groups excluding carboxylic acids is 2. The van der Waals surface area contributed by atoms with E-state index in [0.717, 1.165) is 4.90 Å². The highest BCUT2D eigenvalue weighted by Crippen LogP contribution is 2.40. The van der Waals surface area contributed by atoms with Gasteiger partial charge in [-0.05, 0) is 48.0 Å². The molecule has 3 aromatic rings. The predicted molar refractivity (Wildman–Crippen MR) is 136 cm³/mol. The van der Waals surface area contributed by atoms with Gasteiger partial charge in [-0.1, -0.05) is 23.6 Å². The standard InChI is InChI=1S/C26H22ClFN4O3/c1-5-17-6-9-20(10-7-17)30-26(34)21-13-19(27)14-24(35-4)25(21)32(16-33)23-11-8-18(12-22(23)28)15-29-31(2)3/h1,6-16H,2-4H3,(H,30,34). The Bertz CT molecular complexity index is 1320. The lowest BCUT2D eigenvalue weighted by molar-refractivity contribution is -0.106. The van der Waals surface area contributed by atoms with Gasteiger partial charge in [0.2, 0.25) is 6.41 Å². The number of ether oxygens (including phenoxy) is 1. The van der Waals surface area contributed by atoms with Crippen LogP contribution in [0.25, 0.3) is 0 Å². The summed E-state index contributed by atoms with van der Waals surface area (Å²) >= 11 is 6.21. The van der Waals surface area contributed by atoms with Gasteiger partial charge in [0.05, 0.1) is 24.6 Å². The van der Waals surface area contributed by atoms with E-state index in [1.165, 1.54) is 37.6 Å². The summed E-state index contributed by atoms with van der Waals surface area (Å²) in [6.07, 6.45) is 7.25. The van der Waals surface area contributed by atoms with Crippen molar-refractivity contribution in [3.8, 4) is 18.1 Å². The zero-order valence-electron chi connectivity index (χ0n) is 19.3. The summed E-state index contributed by atoms with van der Waals surface area (Å²) in [6.45, 7) is 0. The number of carbonyl (C=O) groups is 2. The number of anilines is 3. The van der Waals surface area contributed by atoms with Crippen molar-refractivity contribution in [3.05, 3.63) is 82.1 Å². The number of amides is 2. The maximum Gasteiger partial charge on any atom is 0.257 e. The second kappa shape index (κ2) is 11.2. The van der Waals surface area contributed by atoms with Gasteiger partial charge in [0.15, 0.2) is 0 Å². The van der Waals surface area contributed by atoms with E-state index in [1.54, 1.807) is 49.4 Å². The summed E-state index contributed by atoms with van der Waals surface area (Å²) in [6, 6.07) is 13.7. The summed E-state index contributed by atoms with van der Waals surface area (Å²) < 4.78 is 20.5. The van der Waals surface area contributed by atoms with Gasteiger partial charge in [0.25, 0.3) is 5.91 Å². The second-order valence-electron chi connectivity index (χ2n) is 7.46. The third-order valence-corrected chi connectivity index (χ3v) is 5.05. The van der Waals surface area contributed by atoms with E-state index in [1.807, 2.05) is 0 Å². The van der Waals surface area contributed by atoms with Crippen molar-refractivity contribution in [2.45, 2.75) is 0 Å². The first-order valence-corrected chi connectivity index (χ1v) is 10.7. The Balaban J connectivity index is 2.07. The van der Waals surface area contributed by atoms with Crippen LogP contribution in [0.5, 0.6) is 5.75 Å². The average Bonchev–Trinajstić information content (AvgIpc) is 2.84. The molecule has 0 aliphatic carbocycles. The molecule has 0 aliphatic rings. The molecule has 0 heterocycles. The lowest BCUT2D eigenvalue weighted by Crippen LogP contribution is -2.22. The van der Waals surface area contributed by atoms with Gasteiger partial charge in [-0.3, -0.25) is 14.5 Å². The van der Waals surface area contributed by atoms with Crippen molar-refractivity contribution in [2.75, 3.05) is 31.4 Å². The first-order valence-electron chi connectivity index (χ1n) is 10.3. The van der Waals surface area contributed by atoms with E-state index in [9.17, 15) is 9.59 Å². The predicted octanol–water partition coefficient (Wildman–Crippen LogP) is 4.91. The molecular weight excluding hydrogens is 471 g/mol. The van der Waals surface area contributed by atoms with Gasteiger partial charge < -0.3 is 15.1 Å². The number of rotatable bonds is 8. The average molecular weight is 493 g/mol. The monoisotopic (exact) mass is 492 g/mol. The molecule has 7 nitrogen and oxygen atoms in total. The molecule has 0 atom stereocenters. The topological polar surface area (TPSA) is 74.2 Å². The SMILES string of the molecule is C#Cc1ccc(NC(=O)c2cc(Cl)cc(OC)c2N(C=O)c2ccc(C=NN(C)C)cc2F)cc1. The largest absolute Gasteiger partial charge is 0.494 e. The highest BCUT2D eigenvalue weighted by molar-refractivity contribution is 6.31. The van der Waals surface area contributed by atoms with Gasteiger partial charge in [0, 0.05) is 36.4 Å². The van der Waals surface area contributed by atoms with Crippen LogP contribution in [-0.2, 0) is 4.79 Å². The van der Waals surface area contributed by atoms with Gasteiger partial charge in [0.1, 0.15) is 17.3 Å². The molecule has 35 heavy (non-hydrogen) atoms. The Morgan fingerprint density at radius 3 is 2.46 bits per heavy atom. The van der Waals surface area contributed by atoms with E-state index in [-0.39, 0.29) is 27.7 Å². The van der Waals surface area contributed by atoms with Crippen LogP contribution in [0.3, 0.4) is 0 Å². The van der Waals surface area contributed by atoms with Crippen LogP contribution in [0.2, 0.25) is 5.02 Å². The van der Waals surface area contributed by atoms with Gasteiger partial charge in [-0.15, -0.1) is 6.42 Å². The molecular formula is C26H22ClFN4O3. The van der Waals surface area contributed by atoms with E-state index in [0.29, 0.717) is 23.2 Å². The normalized spacial score (nSPS) is 10.5. The number of nitrogens with zero attached hydrogens (tertiary/aromatic N) is 3. The zero-order chi connectivity index (χ0) is 25.5. The second-order valence-corrected chi connectivity index (χ2v) is 7.89. The van der Waals surface area contributed by atoms with Crippen LogP contribution >= 0.6 is 11.6 Å². The maximum atomic E-state index is 15.1. The molecule has 178 valence electrons. The number of hydrazone groups is 1. The molecule has 0 aliphatic heterocycles. The number of hydrogen-bond donors (Lipinski definition) is 1. The first kappa shape index (κ1) is 25.3. The molecule has 9 heteroatoms. The summed E-state index contributed by atoms with van der Waals surface area (Å²) in [5.41, 5.74) is 1.54. The minimum absolute atomic E-state index is 0.000114. The van der Waals surface area contributed by atoms with Crippen molar-refractivity contribution in [2.24, 2.45) is 5.10 Å². The molecule has 0 radical (unpaired) electrons. The first-order chi connectivity index (χ1) is 16.8. The van der Waals surface area contributed by atoms with Crippen molar-refractivity contribution in [1.82, 2.24) is 5.01 Å². The Labute approximate surface area is 207 Å². The van der Waals surface area contributed by atoms with Crippen LogP contribution in [0.15, 0.2) is 59.7 Å². The van der Waals surface area contributed by atoms with Crippen molar-refractivity contribution in [1.29, 1.82) is 0 Å². The smallest absolute Gasteiger partial charge is 0.257 e. The summed E-state index contributed by atoms with van der Waals surface area (Å²) in [5.74, 6) is 1.31. The molecule has 3 rings (SSSR count). The van der Waals surface area contributed by atoms with Crippen LogP contribution in [0.1, 0.15) is 21.5 Å². The van der Waals surface area contributed by atoms with Crippen molar-refractivity contribution < 1.29 is 18.7 Å². The zero-order valence-corrected chi connectivity index (χ0v) is 20.0. The molecule has 1 N–H and O–H groups in total. The summed E-state index contributed by atoms with van der Waals surface area (Å²) in [4.78, 5) is 26.4. The van der Waals surface area contributed by atoms with Crippen LogP contribution in [0, 0.1) is 18.2 Å². The van der Waals surface area contributed by atoms with Crippen molar-refractivity contribution >= 4 is 47.2 Å². The van der Waals surface area contributed by atoms with Crippen molar-refractivity contribution in [3.63, 3.8) is 0 Å². The number of nitrogens with one attached hydrogen (secondary N) is 1. The Kier molecular flexibility index (Phi) is 8.08. The van der Waals surface area contributed by atoms with E-state index >= 15 is 4.39 Å². The Morgan fingerprint density at radius 2 is 1.89 bits per heavy atom. The summed E-state index contributed by atoms with van der Waals surface area (Å²) in [5, 5.41) is 8.56. The summed E-state index contributed by atoms with van der Waals surface area (Å²) in [7, 11) is 4.83. The Morgan fingerprint density at radius 1 is 1.17 bits per heavy atom. The number of hydrogen-bond acceptors (Lipinski definition) is 5. The van der Waals surface area contributed by atoms with E-state index in [4.69, 9.17) is 22.8 Å². The number of methoxy groups -OCH3 is 1. The molecule has 0 fully saturated rings. The van der Waals surface area contributed by atoms with Gasteiger partial charge in [-0.2, -0.15) is 5.10 Å². The Hall–Kier alpha value is -4.35. The van der Waals surface area contributed by atoms with E-state index in [2.05, 4.69) is 16.3 Å². The van der Waals surface area contributed by atoms with Gasteiger partial charge >= 0.3 is 0 Å². The molecule has 2 amide bonds. The molecule has 0 bridgehead atoms. The van der Waals surface area contributed by atoms with E-state index < -0.39 is 11.7 Å². The number of terminal acetylenes is 1. The highest BCUT2D eigenvalue weighted by atomic mass is 35.5. The van der Waals surface area contributed by atoms with Gasteiger partial charge in [-0.25, -0.2) is 4.39 Å². The fourth-order valence-electron chi connectivity index (χ4n) is 3.21. The number of halogens is 2. The lowest BCUT2D eigenvalue weighted by Gasteiger charge is -2.24. The third kappa shape index (κ3) is 5.96. The molecule has 0 saturated heterocycles. The third-order valence-electron chi connectivity index (χ3n) is 4.83. The number of benzene rings is 3. The maximum absolute atomic E-state index is 15.1.